The number of aromatic hydroxyl groups is 1. The Bertz CT molecular complexity index is 1210. The molecule has 0 aromatic heterocycles. The molecule has 2 N–H and O–H groups in total. The highest BCUT2D eigenvalue weighted by atomic mass is 16.5. The monoisotopic (exact) mass is 459 g/mol. The summed E-state index contributed by atoms with van der Waals surface area (Å²) in [6, 6.07) is 19.9. The highest BCUT2D eigenvalue weighted by molar-refractivity contribution is 6.05. The van der Waals surface area contributed by atoms with Crippen LogP contribution >= 0.6 is 0 Å². The van der Waals surface area contributed by atoms with Crippen LogP contribution in [0.3, 0.4) is 0 Å². The molecule has 1 amide bonds. The minimum Gasteiger partial charge on any atom is -0.507 e. The molecule has 0 saturated carbocycles. The van der Waals surface area contributed by atoms with Crippen molar-refractivity contribution in [2.24, 2.45) is 5.10 Å². The van der Waals surface area contributed by atoms with Gasteiger partial charge < -0.3 is 19.9 Å². The van der Waals surface area contributed by atoms with Crippen molar-refractivity contribution in [1.29, 1.82) is 0 Å². The standard InChI is InChI=1S/C27H29N3O4/c1-4-5-16-34-24-15-14-19(17-25(24)33-3)26-28-22-12-8-6-11-21(22)27(32)30(26)29-18(2)20-10-7-9-13-23(20)31/h6-15,17,26,28,31H,4-5,16H2,1-3H3. The molecule has 1 aliphatic heterocycles. The van der Waals surface area contributed by atoms with E-state index in [1.54, 1.807) is 38.3 Å². The first-order valence-corrected chi connectivity index (χ1v) is 11.4. The molecule has 0 fully saturated rings. The molecule has 0 radical (unpaired) electrons. The molecule has 176 valence electrons. The summed E-state index contributed by atoms with van der Waals surface area (Å²) < 4.78 is 11.4. The van der Waals surface area contributed by atoms with Crippen LogP contribution in [0.5, 0.6) is 17.2 Å². The molecule has 34 heavy (non-hydrogen) atoms. The lowest BCUT2D eigenvalue weighted by molar-refractivity contribution is 0.0689. The Kier molecular flexibility index (Phi) is 7.01. The number of methoxy groups -OCH3 is 1. The van der Waals surface area contributed by atoms with Gasteiger partial charge in [-0.25, -0.2) is 5.01 Å². The van der Waals surface area contributed by atoms with E-state index >= 15 is 0 Å². The normalized spacial score (nSPS) is 15.5. The molecule has 0 bridgehead atoms. The summed E-state index contributed by atoms with van der Waals surface area (Å²) in [6.07, 6.45) is 1.41. The van der Waals surface area contributed by atoms with Crippen molar-refractivity contribution < 1.29 is 19.4 Å². The van der Waals surface area contributed by atoms with E-state index in [1.807, 2.05) is 42.5 Å². The molecule has 1 unspecified atom stereocenters. The van der Waals surface area contributed by atoms with Gasteiger partial charge in [-0.15, -0.1) is 0 Å². The molecular weight excluding hydrogens is 430 g/mol. The van der Waals surface area contributed by atoms with Gasteiger partial charge >= 0.3 is 0 Å². The lowest BCUT2D eigenvalue weighted by Gasteiger charge is -2.35. The van der Waals surface area contributed by atoms with Gasteiger partial charge in [-0.2, -0.15) is 5.10 Å². The Morgan fingerprint density at radius 1 is 1.09 bits per heavy atom. The number of benzene rings is 3. The van der Waals surface area contributed by atoms with Crippen molar-refractivity contribution in [3.05, 3.63) is 83.4 Å². The molecule has 0 saturated heterocycles. The number of carbonyl (C=O) groups excluding carboxylic acids is 1. The SMILES string of the molecule is CCCCOc1ccc(C2Nc3ccccc3C(=O)N2N=C(C)c2ccccc2O)cc1OC. The number of ether oxygens (including phenoxy) is 2. The quantitative estimate of drug-likeness (QED) is 0.340. The van der Waals surface area contributed by atoms with Crippen molar-refractivity contribution >= 4 is 17.3 Å². The zero-order valence-electron chi connectivity index (χ0n) is 19.6. The molecule has 0 aliphatic carbocycles. The van der Waals surface area contributed by atoms with Crippen LogP contribution in [0.15, 0.2) is 71.8 Å². The minimum absolute atomic E-state index is 0.105. The zero-order valence-corrected chi connectivity index (χ0v) is 19.6. The summed E-state index contributed by atoms with van der Waals surface area (Å²) in [4.78, 5) is 13.5. The highest BCUT2D eigenvalue weighted by Gasteiger charge is 2.34. The van der Waals surface area contributed by atoms with Gasteiger partial charge in [0.2, 0.25) is 0 Å². The van der Waals surface area contributed by atoms with E-state index in [0.717, 1.165) is 24.1 Å². The average molecular weight is 460 g/mol. The van der Waals surface area contributed by atoms with Gasteiger partial charge in [0.15, 0.2) is 17.7 Å². The fourth-order valence-electron chi connectivity index (χ4n) is 3.87. The Morgan fingerprint density at radius 2 is 1.85 bits per heavy atom. The third kappa shape index (κ3) is 4.69. The fraction of sp³-hybridized carbons (Fsp3) is 0.259. The molecule has 1 aliphatic rings. The molecule has 7 nitrogen and oxygen atoms in total. The van der Waals surface area contributed by atoms with E-state index in [2.05, 4.69) is 17.3 Å². The number of anilines is 1. The second kappa shape index (κ2) is 10.3. The Hall–Kier alpha value is -4.00. The third-order valence-electron chi connectivity index (χ3n) is 5.71. The number of nitrogens with one attached hydrogen (secondary N) is 1. The van der Waals surface area contributed by atoms with E-state index < -0.39 is 6.17 Å². The predicted molar refractivity (Wildman–Crippen MR) is 133 cm³/mol. The minimum atomic E-state index is -0.582. The second-order valence-corrected chi connectivity index (χ2v) is 8.06. The summed E-state index contributed by atoms with van der Waals surface area (Å²) in [5, 5.41) is 19.8. The van der Waals surface area contributed by atoms with Gasteiger partial charge in [-0.05, 0) is 49.7 Å². The number of hydrogen-bond donors (Lipinski definition) is 2. The number of para-hydroxylation sites is 2. The lowest BCUT2D eigenvalue weighted by Crippen LogP contribution is -2.40. The first-order valence-electron chi connectivity index (χ1n) is 11.4. The number of unbranched alkanes of at least 4 members (excludes halogenated alkanes) is 1. The summed E-state index contributed by atoms with van der Waals surface area (Å²) >= 11 is 0. The van der Waals surface area contributed by atoms with Gasteiger partial charge in [0.05, 0.1) is 25.0 Å². The maximum absolute atomic E-state index is 13.5. The van der Waals surface area contributed by atoms with Crippen LogP contribution in [0.1, 0.15) is 54.3 Å². The Labute approximate surface area is 199 Å². The van der Waals surface area contributed by atoms with Gasteiger partial charge in [0.1, 0.15) is 5.75 Å². The summed E-state index contributed by atoms with van der Waals surface area (Å²) in [6.45, 7) is 4.49. The molecule has 3 aromatic carbocycles. The molecular formula is C27H29N3O4. The Morgan fingerprint density at radius 3 is 2.62 bits per heavy atom. The van der Waals surface area contributed by atoms with E-state index in [4.69, 9.17) is 9.47 Å². The Balaban J connectivity index is 1.75. The number of hydrazone groups is 1. The zero-order chi connectivity index (χ0) is 24.1. The van der Waals surface area contributed by atoms with Crippen LogP contribution < -0.4 is 14.8 Å². The maximum Gasteiger partial charge on any atom is 0.278 e. The molecule has 1 atom stereocenters. The topological polar surface area (TPSA) is 83.4 Å². The molecule has 7 heteroatoms. The third-order valence-corrected chi connectivity index (χ3v) is 5.71. The number of fused-ring (bicyclic) bond motifs is 1. The van der Waals surface area contributed by atoms with Gasteiger partial charge in [-0.1, -0.05) is 43.7 Å². The largest absolute Gasteiger partial charge is 0.507 e. The number of hydrogen-bond acceptors (Lipinski definition) is 6. The van der Waals surface area contributed by atoms with Crippen LogP contribution in [0, 0.1) is 0 Å². The molecule has 4 rings (SSSR count). The van der Waals surface area contributed by atoms with Crippen molar-refractivity contribution in [3.63, 3.8) is 0 Å². The molecule has 0 spiro atoms. The van der Waals surface area contributed by atoms with Crippen LogP contribution in [0.4, 0.5) is 5.69 Å². The van der Waals surface area contributed by atoms with Gasteiger partial charge in [0.25, 0.3) is 5.91 Å². The average Bonchev–Trinajstić information content (AvgIpc) is 2.86. The van der Waals surface area contributed by atoms with Gasteiger partial charge in [0, 0.05) is 16.8 Å². The fourth-order valence-corrected chi connectivity index (χ4v) is 3.87. The van der Waals surface area contributed by atoms with Crippen LogP contribution in [-0.2, 0) is 0 Å². The molecule has 1 heterocycles. The first-order chi connectivity index (χ1) is 16.5. The summed E-state index contributed by atoms with van der Waals surface area (Å²) in [5.41, 5.74) is 3.12. The maximum atomic E-state index is 13.5. The first kappa shape index (κ1) is 23.2. The smallest absolute Gasteiger partial charge is 0.278 e. The summed E-state index contributed by atoms with van der Waals surface area (Å²) in [5.74, 6) is 1.11. The highest BCUT2D eigenvalue weighted by Crippen LogP contribution is 2.37. The van der Waals surface area contributed by atoms with Crippen LogP contribution in [0.25, 0.3) is 0 Å². The van der Waals surface area contributed by atoms with E-state index in [9.17, 15) is 9.90 Å². The lowest BCUT2D eigenvalue weighted by atomic mass is 10.0. The number of phenols is 1. The van der Waals surface area contributed by atoms with Gasteiger partial charge in [-0.3, -0.25) is 4.79 Å². The van der Waals surface area contributed by atoms with Crippen molar-refractivity contribution in [3.8, 4) is 17.2 Å². The predicted octanol–water partition coefficient (Wildman–Crippen LogP) is 5.57. The number of nitrogens with zero attached hydrogens (tertiary/aromatic N) is 2. The van der Waals surface area contributed by atoms with E-state index in [1.165, 1.54) is 5.01 Å². The van der Waals surface area contributed by atoms with Crippen molar-refractivity contribution in [2.45, 2.75) is 32.9 Å². The summed E-state index contributed by atoms with van der Waals surface area (Å²) in [7, 11) is 1.60. The molecule has 3 aromatic rings. The number of amides is 1. The van der Waals surface area contributed by atoms with Crippen molar-refractivity contribution in [2.75, 3.05) is 19.0 Å². The van der Waals surface area contributed by atoms with E-state index in [-0.39, 0.29) is 11.7 Å². The van der Waals surface area contributed by atoms with E-state index in [0.29, 0.717) is 34.9 Å². The van der Waals surface area contributed by atoms with Crippen molar-refractivity contribution in [1.82, 2.24) is 5.01 Å². The number of rotatable bonds is 8. The number of phenolic OH excluding ortho intramolecular Hbond substituents is 1. The van der Waals surface area contributed by atoms with Crippen LogP contribution in [0.2, 0.25) is 0 Å². The number of carbonyl (C=O) groups is 1. The van der Waals surface area contributed by atoms with Crippen LogP contribution in [-0.4, -0.2) is 35.5 Å². The second-order valence-electron chi connectivity index (χ2n) is 8.06.